The second kappa shape index (κ2) is 11.3. The van der Waals surface area contributed by atoms with Gasteiger partial charge in [0, 0.05) is 36.2 Å². The minimum Gasteiger partial charge on any atom is -0.355 e. The zero-order valence-corrected chi connectivity index (χ0v) is 20.6. The highest BCUT2D eigenvalue weighted by molar-refractivity contribution is 7.98. The van der Waals surface area contributed by atoms with Gasteiger partial charge in [-0.05, 0) is 54.8 Å². The van der Waals surface area contributed by atoms with Gasteiger partial charge in [-0.15, -0.1) is 0 Å². The van der Waals surface area contributed by atoms with Crippen molar-refractivity contribution in [3.8, 4) is 0 Å². The lowest BCUT2D eigenvalue weighted by molar-refractivity contribution is -0.125. The van der Waals surface area contributed by atoms with Crippen LogP contribution >= 0.6 is 46.6 Å². The Morgan fingerprint density at radius 1 is 1.10 bits per heavy atom. The number of hydrogen-bond donors (Lipinski definition) is 1. The highest BCUT2D eigenvalue weighted by Crippen LogP contribution is 2.26. The molecule has 1 amide bonds. The van der Waals surface area contributed by atoms with E-state index in [0.29, 0.717) is 41.0 Å². The van der Waals surface area contributed by atoms with Crippen molar-refractivity contribution >= 4 is 62.5 Å². The molecule has 0 aliphatic carbocycles. The topological polar surface area (TPSA) is 66.5 Å². The molecule has 1 fully saturated rings. The van der Waals surface area contributed by atoms with Crippen LogP contribution in [-0.4, -0.2) is 44.0 Å². The molecule has 31 heavy (non-hydrogen) atoms. The molecule has 0 aromatic heterocycles. The van der Waals surface area contributed by atoms with Crippen molar-refractivity contribution in [2.24, 2.45) is 5.92 Å². The number of nitrogens with one attached hydrogen (secondary N) is 1. The Balaban J connectivity index is 1.46. The van der Waals surface area contributed by atoms with Gasteiger partial charge in [-0.2, -0.15) is 16.1 Å². The summed E-state index contributed by atoms with van der Waals surface area (Å²) in [4.78, 5) is 12.8. The van der Waals surface area contributed by atoms with Crippen molar-refractivity contribution in [2.45, 2.75) is 23.5 Å². The monoisotopic (exact) mass is 520 g/mol. The molecule has 0 bridgehead atoms. The number of rotatable bonds is 8. The highest BCUT2D eigenvalue weighted by atomic mass is 35.5. The van der Waals surface area contributed by atoms with E-state index in [2.05, 4.69) is 5.32 Å². The Morgan fingerprint density at radius 2 is 1.84 bits per heavy atom. The Labute approximate surface area is 202 Å². The predicted molar refractivity (Wildman–Crippen MR) is 129 cm³/mol. The second-order valence-electron chi connectivity index (χ2n) is 7.25. The quantitative estimate of drug-likeness (QED) is 0.491. The van der Waals surface area contributed by atoms with E-state index >= 15 is 0 Å². The Hall–Kier alpha value is -0.960. The largest absolute Gasteiger partial charge is 0.355 e. The summed E-state index contributed by atoms with van der Waals surface area (Å²) in [5.74, 6) is 1.05. The first-order chi connectivity index (χ1) is 14.8. The van der Waals surface area contributed by atoms with E-state index in [9.17, 15) is 13.2 Å². The molecule has 10 heteroatoms. The van der Waals surface area contributed by atoms with Gasteiger partial charge < -0.3 is 5.32 Å². The molecule has 168 valence electrons. The second-order valence-corrected chi connectivity index (χ2v) is 11.5. The molecule has 0 spiro atoms. The fourth-order valence-corrected chi connectivity index (χ4v) is 6.12. The average molecular weight is 522 g/mol. The van der Waals surface area contributed by atoms with Gasteiger partial charge in [-0.3, -0.25) is 4.79 Å². The molecule has 1 aliphatic rings. The number of hydrogen-bond acceptors (Lipinski definition) is 4. The van der Waals surface area contributed by atoms with E-state index in [1.165, 1.54) is 16.4 Å². The molecule has 1 N–H and O–H groups in total. The van der Waals surface area contributed by atoms with E-state index in [0.717, 1.165) is 17.1 Å². The number of halogens is 3. The van der Waals surface area contributed by atoms with Crippen molar-refractivity contribution in [1.82, 2.24) is 9.62 Å². The van der Waals surface area contributed by atoms with Gasteiger partial charge in [0.2, 0.25) is 15.9 Å². The lowest BCUT2D eigenvalue weighted by atomic mass is 9.99. The van der Waals surface area contributed by atoms with Gasteiger partial charge in [0.05, 0.1) is 20.9 Å². The maximum atomic E-state index is 12.9. The van der Waals surface area contributed by atoms with Crippen LogP contribution < -0.4 is 5.32 Å². The van der Waals surface area contributed by atoms with Crippen molar-refractivity contribution in [3.63, 3.8) is 0 Å². The van der Waals surface area contributed by atoms with Crippen molar-refractivity contribution in [1.29, 1.82) is 0 Å². The summed E-state index contributed by atoms with van der Waals surface area (Å²) in [5.41, 5.74) is 1.07. The Kier molecular flexibility index (Phi) is 8.96. The van der Waals surface area contributed by atoms with E-state index in [1.54, 1.807) is 30.0 Å². The molecule has 3 rings (SSSR count). The van der Waals surface area contributed by atoms with Gasteiger partial charge in [0.25, 0.3) is 0 Å². The summed E-state index contributed by atoms with van der Waals surface area (Å²) in [5, 5.41) is 4.47. The van der Waals surface area contributed by atoms with Gasteiger partial charge in [0.1, 0.15) is 0 Å². The van der Waals surface area contributed by atoms with E-state index in [-0.39, 0.29) is 23.3 Å². The summed E-state index contributed by atoms with van der Waals surface area (Å²) in [6, 6.07) is 11.6. The number of sulfonamides is 1. The van der Waals surface area contributed by atoms with Crippen molar-refractivity contribution in [2.75, 3.05) is 25.4 Å². The first kappa shape index (κ1) is 24.7. The molecule has 2 aromatic rings. The smallest absolute Gasteiger partial charge is 0.243 e. The normalized spacial score (nSPS) is 17.5. The van der Waals surface area contributed by atoms with Gasteiger partial charge in [0.15, 0.2) is 0 Å². The summed E-state index contributed by atoms with van der Waals surface area (Å²) >= 11 is 19.5. The summed E-state index contributed by atoms with van der Waals surface area (Å²) in [6.45, 7) is 1.12. The summed E-state index contributed by atoms with van der Waals surface area (Å²) < 4.78 is 27.1. The van der Waals surface area contributed by atoms with Crippen LogP contribution in [0.15, 0.2) is 47.4 Å². The minimum absolute atomic E-state index is 0.105. The highest BCUT2D eigenvalue weighted by Gasteiger charge is 2.33. The first-order valence-corrected chi connectivity index (χ1v) is 13.6. The lowest BCUT2D eigenvalue weighted by Gasteiger charge is -2.31. The number of carbonyl (C=O) groups is 1. The Bertz CT molecular complexity index is 1020. The van der Waals surface area contributed by atoms with Crippen molar-refractivity contribution < 1.29 is 13.2 Å². The fraction of sp³-hybridized carbons (Fsp3) is 0.381. The number of piperidine rings is 1. The zero-order valence-electron chi connectivity index (χ0n) is 16.7. The Morgan fingerprint density at radius 3 is 2.55 bits per heavy atom. The van der Waals surface area contributed by atoms with Crippen LogP contribution in [0.4, 0.5) is 0 Å². The van der Waals surface area contributed by atoms with Crippen LogP contribution in [-0.2, 0) is 20.6 Å². The number of benzene rings is 2. The molecule has 1 saturated heterocycles. The molecule has 0 radical (unpaired) electrons. The third-order valence-electron chi connectivity index (χ3n) is 5.00. The maximum absolute atomic E-state index is 12.9. The molecule has 1 aliphatic heterocycles. The minimum atomic E-state index is -3.64. The van der Waals surface area contributed by atoms with E-state index < -0.39 is 10.0 Å². The van der Waals surface area contributed by atoms with Gasteiger partial charge in [-0.25, -0.2) is 8.42 Å². The molecular formula is C21H23Cl3N2O3S2. The average Bonchev–Trinajstić information content (AvgIpc) is 2.76. The number of amides is 1. The standard InChI is InChI=1S/C21H23Cl3N2O3S2/c22-17-4-6-18(7-5-17)31(28,29)26-10-1-2-16(13-26)21(27)25-9-11-30-14-15-3-8-19(23)20(24)12-15/h3-8,12,16H,1-2,9-11,13-14H2,(H,25,27)/t16-/m1/s1. The van der Waals surface area contributed by atoms with E-state index in [4.69, 9.17) is 34.8 Å². The molecule has 1 atom stereocenters. The third-order valence-corrected chi connectivity index (χ3v) is 8.91. The third kappa shape index (κ3) is 6.76. The number of carbonyl (C=O) groups excluding carboxylic acids is 1. The lowest BCUT2D eigenvalue weighted by Crippen LogP contribution is -2.45. The van der Waals surface area contributed by atoms with Crippen LogP contribution in [0.2, 0.25) is 15.1 Å². The molecule has 2 aromatic carbocycles. The van der Waals surface area contributed by atoms with Crippen LogP contribution in [0, 0.1) is 5.92 Å². The first-order valence-electron chi connectivity index (χ1n) is 9.82. The molecule has 5 nitrogen and oxygen atoms in total. The van der Waals surface area contributed by atoms with Crippen LogP contribution in [0.25, 0.3) is 0 Å². The zero-order chi connectivity index (χ0) is 22.4. The maximum Gasteiger partial charge on any atom is 0.243 e. The van der Waals surface area contributed by atoms with Crippen LogP contribution in [0.5, 0.6) is 0 Å². The SMILES string of the molecule is O=C(NCCSCc1ccc(Cl)c(Cl)c1)[C@@H]1CCCN(S(=O)(=O)c2ccc(Cl)cc2)C1. The van der Waals surface area contributed by atoms with E-state index in [1.807, 2.05) is 12.1 Å². The number of nitrogens with zero attached hydrogens (tertiary/aromatic N) is 1. The molecule has 0 saturated carbocycles. The molecular weight excluding hydrogens is 499 g/mol. The van der Waals surface area contributed by atoms with Gasteiger partial charge >= 0.3 is 0 Å². The molecule has 1 heterocycles. The summed E-state index contributed by atoms with van der Waals surface area (Å²) in [6.07, 6.45) is 1.33. The fourth-order valence-electron chi connectivity index (χ4n) is 3.34. The van der Waals surface area contributed by atoms with Gasteiger partial charge in [-0.1, -0.05) is 40.9 Å². The van der Waals surface area contributed by atoms with Crippen molar-refractivity contribution in [3.05, 3.63) is 63.1 Å². The summed E-state index contributed by atoms with van der Waals surface area (Å²) in [7, 11) is -3.64. The van der Waals surface area contributed by atoms with Crippen LogP contribution in [0.3, 0.4) is 0 Å². The van der Waals surface area contributed by atoms with Crippen LogP contribution in [0.1, 0.15) is 18.4 Å². The predicted octanol–water partition coefficient (Wildman–Crippen LogP) is 5.10. The number of thioether (sulfide) groups is 1. The molecule has 0 unspecified atom stereocenters.